The molecular formula is C15H25N3O. The molecule has 1 aromatic rings. The molecule has 2 atom stereocenters. The van der Waals surface area contributed by atoms with E-state index in [1.165, 1.54) is 38.0 Å². The molecule has 0 aromatic carbocycles. The zero-order valence-corrected chi connectivity index (χ0v) is 12.1. The summed E-state index contributed by atoms with van der Waals surface area (Å²) < 4.78 is 5.68. The number of hydrogen-bond acceptors (Lipinski definition) is 4. The highest BCUT2D eigenvalue weighted by atomic mass is 16.3. The van der Waals surface area contributed by atoms with Gasteiger partial charge in [-0.25, -0.2) is 0 Å². The predicted molar refractivity (Wildman–Crippen MR) is 75.9 cm³/mol. The fourth-order valence-corrected chi connectivity index (χ4v) is 3.51. The molecular weight excluding hydrogens is 238 g/mol. The minimum absolute atomic E-state index is 0.627. The Kier molecular flexibility index (Phi) is 3.91. The summed E-state index contributed by atoms with van der Waals surface area (Å²) in [6.07, 6.45) is 4.56. The second-order valence-electron chi connectivity index (χ2n) is 5.97. The van der Waals surface area contributed by atoms with Gasteiger partial charge in [-0.3, -0.25) is 9.80 Å². The molecule has 1 aromatic heterocycles. The van der Waals surface area contributed by atoms with Crippen molar-refractivity contribution in [2.24, 2.45) is 0 Å². The Morgan fingerprint density at radius 3 is 3.16 bits per heavy atom. The Morgan fingerprint density at radius 2 is 2.32 bits per heavy atom. The highest BCUT2D eigenvalue weighted by molar-refractivity contribution is 5.17. The van der Waals surface area contributed by atoms with Crippen molar-refractivity contribution < 1.29 is 4.42 Å². The summed E-state index contributed by atoms with van der Waals surface area (Å²) >= 11 is 0. The summed E-state index contributed by atoms with van der Waals surface area (Å²) in [6.45, 7) is 7.90. The number of piperazine rings is 1. The van der Waals surface area contributed by atoms with Gasteiger partial charge < -0.3 is 9.73 Å². The van der Waals surface area contributed by atoms with E-state index >= 15 is 0 Å². The minimum atomic E-state index is 0.627. The van der Waals surface area contributed by atoms with Gasteiger partial charge in [0.25, 0.3) is 0 Å². The van der Waals surface area contributed by atoms with Crippen LogP contribution in [0.5, 0.6) is 0 Å². The fraction of sp³-hybridized carbons (Fsp3) is 0.733. The summed E-state index contributed by atoms with van der Waals surface area (Å²) in [5.41, 5.74) is 1.29. The van der Waals surface area contributed by atoms with Gasteiger partial charge in [0.2, 0.25) is 0 Å². The highest BCUT2D eigenvalue weighted by Gasteiger charge is 2.34. The Balaban J connectivity index is 1.66. The molecule has 3 heterocycles. The van der Waals surface area contributed by atoms with E-state index in [0.717, 1.165) is 24.9 Å². The molecule has 2 saturated heterocycles. The number of fused-ring (bicyclic) bond motifs is 1. The van der Waals surface area contributed by atoms with Crippen molar-refractivity contribution in [1.29, 1.82) is 0 Å². The summed E-state index contributed by atoms with van der Waals surface area (Å²) in [6, 6.07) is 3.49. The Morgan fingerprint density at radius 1 is 1.42 bits per heavy atom. The first kappa shape index (κ1) is 13.2. The maximum Gasteiger partial charge on any atom is 0.122 e. The van der Waals surface area contributed by atoms with Gasteiger partial charge in [-0.05, 0) is 39.4 Å². The van der Waals surface area contributed by atoms with Crippen LogP contribution < -0.4 is 5.32 Å². The Hall–Kier alpha value is -0.840. The molecule has 0 saturated carbocycles. The number of nitrogens with one attached hydrogen (secondary N) is 1. The van der Waals surface area contributed by atoms with Gasteiger partial charge in [0.1, 0.15) is 5.76 Å². The molecule has 106 valence electrons. The normalized spacial score (nSPS) is 28.7. The van der Waals surface area contributed by atoms with Crippen LogP contribution in [0.15, 0.2) is 16.7 Å². The van der Waals surface area contributed by atoms with Gasteiger partial charge in [-0.1, -0.05) is 0 Å². The summed E-state index contributed by atoms with van der Waals surface area (Å²) in [5.74, 6) is 1.13. The molecule has 2 unspecified atom stereocenters. The van der Waals surface area contributed by atoms with E-state index in [2.05, 4.69) is 28.1 Å². The molecule has 1 N–H and O–H groups in total. The van der Waals surface area contributed by atoms with Crippen LogP contribution in [-0.4, -0.2) is 48.6 Å². The van der Waals surface area contributed by atoms with Gasteiger partial charge in [0.05, 0.1) is 12.8 Å². The highest BCUT2D eigenvalue weighted by Crippen LogP contribution is 2.26. The maximum atomic E-state index is 5.68. The van der Waals surface area contributed by atoms with Crippen molar-refractivity contribution in [2.75, 3.05) is 26.7 Å². The van der Waals surface area contributed by atoms with Gasteiger partial charge >= 0.3 is 0 Å². The lowest BCUT2D eigenvalue weighted by atomic mass is 10.1. The molecule has 0 amide bonds. The van der Waals surface area contributed by atoms with Crippen LogP contribution in [-0.2, 0) is 13.1 Å². The van der Waals surface area contributed by atoms with E-state index in [0.29, 0.717) is 6.04 Å². The summed E-state index contributed by atoms with van der Waals surface area (Å²) in [4.78, 5) is 5.25. The third-order valence-corrected chi connectivity index (χ3v) is 4.62. The number of nitrogens with zero attached hydrogens (tertiary/aromatic N) is 2. The van der Waals surface area contributed by atoms with Crippen molar-refractivity contribution >= 4 is 0 Å². The second-order valence-corrected chi connectivity index (χ2v) is 5.97. The average Bonchev–Trinajstić information content (AvgIpc) is 3.00. The minimum Gasteiger partial charge on any atom is -0.468 e. The second kappa shape index (κ2) is 5.65. The van der Waals surface area contributed by atoms with Crippen LogP contribution in [0.1, 0.15) is 31.1 Å². The number of hydrogen-bond donors (Lipinski definition) is 1. The van der Waals surface area contributed by atoms with Crippen LogP contribution >= 0.6 is 0 Å². The van der Waals surface area contributed by atoms with E-state index in [9.17, 15) is 0 Å². The van der Waals surface area contributed by atoms with Crippen LogP contribution in [0.2, 0.25) is 0 Å². The average molecular weight is 263 g/mol. The Bertz CT molecular complexity index is 417. The van der Waals surface area contributed by atoms with Crippen LogP contribution in [0.4, 0.5) is 0 Å². The first-order valence-corrected chi connectivity index (χ1v) is 7.46. The monoisotopic (exact) mass is 263 g/mol. The van der Waals surface area contributed by atoms with Crippen LogP contribution in [0.25, 0.3) is 0 Å². The molecule has 0 spiro atoms. The quantitative estimate of drug-likeness (QED) is 0.895. The molecule has 2 fully saturated rings. The predicted octanol–water partition coefficient (Wildman–Crippen LogP) is 1.67. The van der Waals surface area contributed by atoms with E-state index < -0.39 is 0 Å². The molecule has 0 bridgehead atoms. The van der Waals surface area contributed by atoms with Crippen molar-refractivity contribution in [3.8, 4) is 0 Å². The summed E-state index contributed by atoms with van der Waals surface area (Å²) in [7, 11) is 1.98. The smallest absolute Gasteiger partial charge is 0.122 e. The SMILES string of the molecule is CNCc1ccoc1CN1CC2CCCN2CC1C. The molecule has 2 aliphatic heterocycles. The summed E-state index contributed by atoms with van der Waals surface area (Å²) in [5, 5.41) is 3.21. The number of rotatable bonds is 4. The largest absolute Gasteiger partial charge is 0.468 e. The topological polar surface area (TPSA) is 31.7 Å². The lowest BCUT2D eigenvalue weighted by Crippen LogP contribution is -2.54. The molecule has 3 rings (SSSR count). The molecule has 2 aliphatic rings. The van der Waals surface area contributed by atoms with Gasteiger partial charge in [0, 0.05) is 37.3 Å². The van der Waals surface area contributed by atoms with Crippen LogP contribution in [0.3, 0.4) is 0 Å². The fourth-order valence-electron chi connectivity index (χ4n) is 3.51. The Labute approximate surface area is 115 Å². The molecule has 0 radical (unpaired) electrons. The third kappa shape index (κ3) is 2.71. The van der Waals surface area contributed by atoms with E-state index in [-0.39, 0.29) is 0 Å². The van der Waals surface area contributed by atoms with E-state index in [4.69, 9.17) is 4.42 Å². The molecule has 4 heteroatoms. The van der Waals surface area contributed by atoms with Crippen molar-refractivity contribution in [3.05, 3.63) is 23.7 Å². The van der Waals surface area contributed by atoms with Crippen molar-refractivity contribution in [3.63, 3.8) is 0 Å². The molecule has 19 heavy (non-hydrogen) atoms. The van der Waals surface area contributed by atoms with Gasteiger partial charge in [-0.2, -0.15) is 0 Å². The lowest BCUT2D eigenvalue weighted by molar-refractivity contribution is 0.0491. The zero-order chi connectivity index (χ0) is 13.2. The van der Waals surface area contributed by atoms with Crippen molar-refractivity contribution in [2.45, 2.75) is 44.9 Å². The van der Waals surface area contributed by atoms with Gasteiger partial charge in [0.15, 0.2) is 0 Å². The third-order valence-electron chi connectivity index (χ3n) is 4.62. The molecule has 4 nitrogen and oxygen atoms in total. The first-order chi connectivity index (χ1) is 9.28. The first-order valence-electron chi connectivity index (χ1n) is 7.46. The van der Waals surface area contributed by atoms with Gasteiger partial charge in [-0.15, -0.1) is 0 Å². The number of furan rings is 1. The van der Waals surface area contributed by atoms with Crippen molar-refractivity contribution in [1.82, 2.24) is 15.1 Å². The van der Waals surface area contributed by atoms with E-state index in [1.807, 2.05) is 13.3 Å². The lowest BCUT2D eigenvalue weighted by Gasteiger charge is -2.42. The maximum absolute atomic E-state index is 5.68. The van der Waals surface area contributed by atoms with Crippen LogP contribution in [0, 0.1) is 0 Å². The van der Waals surface area contributed by atoms with E-state index in [1.54, 1.807) is 0 Å². The zero-order valence-electron chi connectivity index (χ0n) is 12.1. The molecule has 0 aliphatic carbocycles. The standard InChI is InChI=1S/C15H25N3O/c1-12-9-17-6-3-4-14(17)10-18(12)11-15-13(8-16-2)5-7-19-15/h5,7,12,14,16H,3-4,6,8-11H2,1-2H3.